The quantitative estimate of drug-likeness (QED) is 0.874. The second-order valence-electron chi connectivity index (χ2n) is 4.93. The van der Waals surface area contributed by atoms with E-state index in [2.05, 4.69) is 6.07 Å². The molecule has 0 aliphatic carbocycles. The lowest BCUT2D eigenvalue weighted by molar-refractivity contribution is 0.0684. The number of hydrogen-bond acceptors (Lipinski definition) is 3. The van der Waals surface area contributed by atoms with Crippen molar-refractivity contribution in [2.24, 2.45) is 0 Å². The summed E-state index contributed by atoms with van der Waals surface area (Å²) in [6, 6.07) is 3.40. The number of aromatic carboxylic acids is 1. The van der Waals surface area contributed by atoms with E-state index in [1.54, 1.807) is 22.1 Å². The number of carbonyl (C=O) groups excluding carboxylic acids is 1. The summed E-state index contributed by atoms with van der Waals surface area (Å²) in [5.41, 5.74) is 1.67. The minimum absolute atomic E-state index is 0.112. The van der Waals surface area contributed by atoms with Crippen LogP contribution in [0.25, 0.3) is 0 Å². The number of nitrogens with zero attached hydrogens (tertiary/aromatic N) is 1. The van der Waals surface area contributed by atoms with Gasteiger partial charge in [-0.1, -0.05) is 0 Å². The Hall–Kier alpha value is -1.88. The molecule has 0 amide bonds. The minimum Gasteiger partial charge on any atom is -0.477 e. The van der Waals surface area contributed by atoms with E-state index in [-0.39, 0.29) is 17.5 Å². The first-order chi connectivity index (χ1) is 9.31. The van der Waals surface area contributed by atoms with E-state index in [0.717, 1.165) is 5.56 Å². The number of Topliss-reactive ketones (excluding diaryl/α,β-unsaturated/α-hetero) is 1. The molecule has 0 aromatic carbocycles. The maximum Gasteiger partial charge on any atom is 0.352 e. The van der Waals surface area contributed by atoms with E-state index < -0.39 is 5.97 Å². The Balaban J connectivity index is 2.53. The number of hydrogen-bond donors (Lipinski definition) is 1. The molecule has 2 aromatic rings. The summed E-state index contributed by atoms with van der Waals surface area (Å²) in [7, 11) is 0. The molecular weight excluding hydrogens is 274 g/mol. The average molecular weight is 291 g/mol. The molecule has 1 unspecified atom stereocenters. The monoisotopic (exact) mass is 291 g/mol. The fraction of sp³-hybridized carbons (Fsp3) is 0.333. The Bertz CT molecular complexity index is 681. The van der Waals surface area contributed by atoms with Gasteiger partial charge in [-0.15, -0.1) is 11.3 Å². The molecule has 2 aromatic heterocycles. The van der Waals surface area contributed by atoms with Gasteiger partial charge in [-0.2, -0.15) is 0 Å². The van der Waals surface area contributed by atoms with Crippen LogP contribution in [0.3, 0.4) is 0 Å². The van der Waals surface area contributed by atoms with Gasteiger partial charge in [-0.05, 0) is 45.4 Å². The Morgan fingerprint density at radius 1 is 1.30 bits per heavy atom. The number of carboxylic acid groups (broad SMARTS) is 1. The van der Waals surface area contributed by atoms with Crippen LogP contribution in [0.5, 0.6) is 0 Å². The summed E-state index contributed by atoms with van der Waals surface area (Å²) in [5.74, 6) is -1.15. The summed E-state index contributed by atoms with van der Waals surface area (Å²) in [4.78, 5) is 25.2. The highest BCUT2D eigenvalue weighted by atomic mass is 32.1. The van der Waals surface area contributed by atoms with Crippen LogP contribution < -0.4 is 0 Å². The second kappa shape index (κ2) is 5.25. The number of aromatic nitrogens is 1. The highest BCUT2D eigenvalue weighted by Crippen LogP contribution is 2.30. The highest BCUT2D eigenvalue weighted by molar-refractivity contribution is 7.12. The summed E-state index contributed by atoms with van der Waals surface area (Å²) in [5, 5.41) is 9.30. The molecule has 0 saturated carbocycles. The van der Waals surface area contributed by atoms with Gasteiger partial charge in [0.25, 0.3) is 0 Å². The molecule has 5 heteroatoms. The van der Waals surface area contributed by atoms with Gasteiger partial charge in [0.1, 0.15) is 5.69 Å². The lowest BCUT2D eigenvalue weighted by atomic mass is 10.1. The molecule has 4 nitrogen and oxygen atoms in total. The van der Waals surface area contributed by atoms with Crippen molar-refractivity contribution >= 4 is 23.1 Å². The number of carboxylic acids is 1. The van der Waals surface area contributed by atoms with E-state index in [4.69, 9.17) is 0 Å². The highest BCUT2D eigenvalue weighted by Gasteiger charge is 2.21. The lowest BCUT2D eigenvalue weighted by Gasteiger charge is -2.16. The van der Waals surface area contributed by atoms with Gasteiger partial charge in [0.05, 0.1) is 6.04 Å². The first kappa shape index (κ1) is 14.5. The van der Waals surface area contributed by atoms with E-state index in [1.165, 1.54) is 22.7 Å². The van der Waals surface area contributed by atoms with Crippen LogP contribution in [-0.2, 0) is 0 Å². The maximum absolute atomic E-state index is 11.5. The van der Waals surface area contributed by atoms with Crippen LogP contribution in [0.15, 0.2) is 18.3 Å². The first-order valence-corrected chi connectivity index (χ1v) is 7.16. The molecule has 0 bridgehead atoms. The van der Waals surface area contributed by atoms with E-state index in [1.807, 2.05) is 20.8 Å². The molecule has 1 atom stereocenters. The van der Waals surface area contributed by atoms with Gasteiger partial charge < -0.3 is 9.67 Å². The Labute approximate surface area is 121 Å². The normalized spacial score (nSPS) is 12.4. The van der Waals surface area contributed by atoms with Gasteiger partial charge in [0, 0.05) is 21.5 Å². The van der Waals surface area contributed by atoms with Crippen molar-refractivity contribution in [1.29, 1.82) is 0 Å². The fourth-order valence-corrected chi connectivity index (χ4v) is 3.39. The average Bonchev–Trinajstić information content (AvgIpc) is 2.92. The maximum atomic E-state index is 11.5. The third kappa shape index (κ3) is 2.54. The molecule has 2 heterocycles. The molecule has 20 heavy (non-hydrogen) atoms. The predicted molar refractivity (Wildman–Crippen MR) is 79.0 cm³/mol. The molecule has 1 N–H and O–H groups in total. The van der Waals surface area contributed by atoms with Gasteiger partial charge in [0.2, 0.25) is 0 Å². The zero-order chi connectivity index (χ0) is 15.0. The fourth-order valence-electron chi connectivity index (χ4n) is 2.38. The largest absolute Gasteiger partial charge is 0.477 e. The van der Waals surface area contributed by atoms with Crippen LogP contribution in [0, 0.1) is 13.8 Å². The Morgan fingerprint density at radius 3 is 2.40 bits per heavy atom. The second-order valence-corrected chi connectivity index (χ2v) is 6.39. The molecular formula is C15H17NO3S. The van der Waals surface area contributed by atoms with Crippen molar-refractivity contribution in [1.82, 2.24) is 4.57 Å². The van der Waals surface area contributed by atoms with Crippen molar-refractivity contribution in [3.8, 4) is 0 Å². The predicted octanol–water partition coefficient (Wildman–Crippen LogP) is 3.68. The molecule has 0 spiro atoms. The van der Waals surface area contributed by atoms with Gasteiger partial charge >= 0.3 is 5.97 Å². The molecule has 0 aliphatic heterocycles. The summed E-state index contributed by atoms with van der Waals surface area (Å²) in [6.45, 7) is 7.45. The first-order valence-electron chi connectivity index (χ1n) is 6.34. The number of carbonyl (C=O) groups is 2. The van der Waals surface area contributed by atoms with Crippen LogP contribution in [0.1, 0.15) is 56.1 Å². The van der Waals surface area contributed by atoms with Crippen LogP contribution >= 0.6 is 11.3 Å². The molecule has 0 aliphatic rings. The molecule has 0 fully saturated rings. The number of rotatable bonds is 4. The Morgan fingerprint density at radius 2 is 1.95 bits per heavy atom. The topological polar surface area (TPSA) is 59.3 Å². The molecule has 0 saturated heterocycles. The molecule has 0 radical (unpaired) electrons. The SMILES string of the molecule is CC(=O)c1cc(C(=O)O)n(C(C)c2cc(C)sc2C)c1. The standard InChI is InChI=1S/C15H17NO3S/c1-8-5-13(11(4)20-8)9(2)16-7-12(10(3)17)6-14(16)15(18)19/h5-7,9H,1-4H3,(H,18,19). The zero-order valence-corrected chi connectivity index (χ0v) is 12.7. The third-order valence-corrected chi connectivity index (χ3v) is 4.40. The number of ketones is 1. The number of aryl methyl sites for hydroxylation is 2. The smallest absolute Gasteiger partial charge is 0.352 e. The van der Waals surface area contributed by atoms with Gasteiger partial charge in [0.15, 0.2) is 5.78 Å². The van der Waals surface area contributed by atoms with Crippen molar-refractivity contribution in [2.45, 2.75) is 33.7 Å². The summed E-state index contributed by atoms with van der Waals surface area (Å²) >= 11 is 1.69. The lowest BCUT2D eigenvalue weighted by Crippen LogP contribution is -2.13. The summed E-state index contributed by atoms with van der Waals surface area (Å²) < 4.78 is 1.66. The van der Waals surface area contributed by atoms with E-state index in [0.29, 0.717) is 5.56 Å². The van der Waals surface area contributed by atoms with Crippen LogP contribution in [-0.4, -0.2) is 21.4 Å². The Kier molecular flexibility index (Phi) is 3.81. The summed E-state index contributed by atoms with van der Waals surface area (Å²) in [6.07, 6.45) is 1.63. The zero-order valence-electron chi connectivity index (χ0n) is 11.9. The third-order valence-electron chi connectivity index (χ3n) is 3.42. The van der Waals surface area contributed by atoms with Crippen molar-refractivity contribution < 1.29 is 14.7 Å². The van der Waals surface area contributed by atoms with Crippen molar-refractivity contribution in [3.05, 3.63) is 44.9 Å². The van der Waals surface area contributed by atoms with Crippen LogP contribution in [0.2, 0.25) is 0 Å². The van der Waals surface area contributed by atoms with Gasteiger partial charge in [-0.3, -0.25) is 4.79 Å². The minimum atomic E-state index is -1.02. The van der Waals surface area contributed by atoms with E-state index >= 15 is 0 Å². The van der Waals surface area contributed by atoms with Crippen LogP contribution in [0.4, 0.5) is 0 Å². The van der Waals surface area contributed by atoms with Gasteiger partial charge in [-0.25, -0.2) is 4.79 Å². The molecule has 106 valence electrons. The van der Waals surface area contributed by atoms with E-state index in [9.17, 15) is 14.7 Å². The number of thiophene rings is 1. The van der Waals surface area contributed by atoms with Crippen molar-refractivity contribution in [3.63, 3.8) is 0 Å². The molecule has 2 rings (SSSR count). The van der Waals surface area contributed by atoms with Crippen molar-refractivity contribution in [2.75, 3.05) is 0 Å².